The lowest BCUT2D eigenvalue weighted by Gasteiger charge is -2.37. The van der Waals surface area contributed by atoms with Gasteiger partial charge in [0.25, 0.3) is 5.91 Å². The van der Waals surface area contributed by atoms with Crippen molar-refractivity contribution in [3.63, 3.8) is 0 Å². The van der Waals surface area contributed by atoms with Crippen molar-refractivity contribution in [2.24, 2.45) is 0 Å². The average molecular weight is 524 g/mol. The third kappa shape index (κ3) is 4.59. The molecule has 2 aliphatic rings. The van der Waals surface area contributed by atoms with Crippen molar-refractivity contribution >= 4 is 29.0 Å². The van der Waals surface area contributed by atoms with Gasteiger partial charge in [0, 0.05) is 37.0 Å². The van der Waals surface area contributed by atoms with E-state index in [1.807, 2.05) is 39.1 Å². The highest BCUT2D eigenvalue weighted by Gasteiger charge is 2.41. The predicted octanol–water partition coefficient (Wildman–Crippen LogP) is 4.56. The summed E-state index contributed by atoms with van der Waals surface area (Å²) >= 11 is 3.01. The van der Waals surface area contributed by atoms with Crippen molar-refractivity contribution in [2.75, 3.05) is 26.3 Å². The van der Waals surface area contributed by atoms with Gasteiger partial charge in [-0.25, -0.2) is 4.98 Å². The molecule has 4 aromatic rings. The zero-order chi connectivity index (χ0) is 24.5. The number of ether oxygens (including phenoxy) is 2. The quantitative estimate of drug-likeness (QED) is 0.339. The Morgan fingerprint density at radius 2 is 1.89 bits per heavy atom. The van der Waals surface area contributed by atoms with Crippen molar-refractivity contribution in [2.45, 2.75) is 36.5 Å². The van der Waals surface area contributed by atoms with Crippen LogP contribution in [0.15, 0.2) is 57.6 Å². The van der Waals surface area contributed by atoms with Gasteiger partial charge in [0.1, 0.15) is 10.7 Å². The second-order valence-electron chi connectivity index (χ2n) is 8.77. The highest BCUT2D eigenvalue weighted by Crippen LogP contribution is 2.33. The molecule has 186 valence electrons. The maximum absolute atomic E-state index is 13.0. The number of aromatic nitrogens is 4. The second-order valence-corrected chi connectivity index (χ2v) is 10.7. The van der Waals surface area contributed by atoms with E-state index in [1.54, 1.807) is 6.26 Å². The Bertz CT molecular complexity index is 1330. The molecule has 9 nitrogen and oxygen atoms in total. The van der Waals surface area contributed by atoms with Crippen LogP contribution in [0, 0.1) is 6.92 Å². The molecule has 2 saturated heterocycles. The van der Waals surface area contributed by atoms with Gasteiger partial charge < -0.3 is 18.8 Å². The molecule has 0 radical (unpaired) electrons. The van der Waals surface area contributed by atoms with Crippen LogP contribution in [-0.2, 0) is 15.2 Å². The Morgan fingerprint density at radius 3 is 2.61 bits per heavy atom. The number of amides is 1. The Morgan fingerprint density at radius 1 is 1.11 bits per heavy atom. The van der Waals surface area contributed by atoms with Gasteiger partial charge in [-0.1, -0.05) is 29.5 Å². The van der Waals surface area contributed by atoms with Crippen LogP contribution in [0.1, 0.15) is 33.9 Å². The van der Waals surface area contributed by atoms with E-state index in [0.29, 0.717) is 62.2 Å². The van der Waals surface area contributed by atoms with Gasteiger partial charge in [-0.3, -0.25) is 9.36 Å². The van der Waals surface area contributed by atoms with Gasteiger partial charge in [0.05, 0.1) is 25.2 Å². The van der Waals surface area contributed by atoms with Gasteiger partial charge in [0.15, 0.2) is 16.7 Å². The molecule has 0 atom stereocenters. The molecule has 2 aliphatic heterocycles. The molecule has 2 fully saturated rings. The number of likely N-dealkylation sites (tertiary alicyclic amines) is 1. The first-order valence-corrected chi connectivity index (χ1v) is 13.7. The first kappa shape index (κ1) is 23.4. The molecule has 3 aromatic heterocycles. The molecule has 1 amide bonds. The van der Waals surface area contributed by atoms with E-state index in [0.717, 1.165) is 15.9 Å². The third-order valence-corrected chi connectivity index (χ3v) is 8.36. The summed E-state index contributed by atoms with van der Waals surface area (Å²) < 4.78 is 19.1. The number of hydrogen-bond acceptors (Lipinski definition) is 9. The van der Waals surface area contributed by atoms with Crippen LogP contribution in [0.4, 0.5) is 0 Å². The van der Waals surface area contributed by atoms with Gasteiger partial charge in [-0.2, -0.15) is 0 Å². The van der Waals surface area contributed by atoms with Gasteiger partial charge in [-0.15, -0.1) is 21.5 Å². The molecule has 0 aliphatic carbocycles. The minimum Gasteiger partial charge on any atom is -0.461 e. The lowest BCUT2D eigenvalue weighted by atomic mass is 10.0. The number of aryl methyl sites for hydroxylation is 1. The van der Waals surface area contributed by atoms with Crippen molar-refractivity contribution in [1.29, 1.82) is 0 Å². The summed E-state index contributed by atoms with van der Waals surface area (Å²) in [6.07, 6.45) is 3.01. The number of carbonyl (C=O) groups excluding carboxylic acids is 1. The smallest absolute Gasteiger partial charge is 0.273 e. The van der Waals surface area contributed by atoms with E-state index < -0.39 is 5.79 Å². The lowest BCUT2D eigenvalue weighted by Crippen LogP contribution is -2.47. The van der Waals surface area contributed by atoms with Crippen LogP contribution in [0.25, 0.3) is 17.3 Å². The van der Waals surface area contributed by atoms with E-state index in [9.17, 15) is 4.79 Å². The fraction of sp³-hybridized carbons (Fsp3) is 0.360. The SMILES string of the molecule is Cc1ccc(-n2c(SCc3nc(C(=O)N4CCC5(CC4)OCCO5)cs3)nnc2-c2ccco2)cc1. The summed E-state index contributed by atoms with van der Waals surface area (Å²) in [7, 11) is 0. The van der Waals surface area contributed by atoms with Gasteiger partial charge >= 0.3 is 0 Å². The highest BCUT2D eigenvalue weighted by molar-refractivity contribution is 7.98. The van der Waals surface area contributed by atoms with E-state index in [2.05, 4.69) is 34.2 Å². The second kappa shape index (κ2) is 9.81. The van der Waals surface area contributed by atoms with Crippen LogP contribution in [0.5, 0.6) is 0 Å². The zero-order valence-corrected chi connectivity index (χ0v) is 21.4. The number of hydrogen-bond donors (Lipinski definition) is 0. The fourth-order valence-corrected chi connectivity index (χ4v) is 6.19. The monoisotopic (exact) mass is 523 g/mol. The van der Waals surface area contributed by atoms with Gasteiger partial charge in [0.2, 0.25) is 5.82 Å². The molecule has 0 bridgehead atoms. The molecule has 1 spiro atoms. The summed E-state index contributed by atoms with van der Waals surface area (Å²) in [5, 5.41) is 12.2. The first-order valence-electron chi connectivity index (χ1n) is 11.8. The standard InChI is InChI=1S/C25H25N5O4S2/c1-17-4-6-18(7-5-17)30-22(20-3-2-12-32-20)27-28-24(30)36-16-21-26-19(15-35-21)23(31)29-10-8-25(9-11-29)33-13-14-34-25/h2-7,12,15H,8-11,13-14,16H2,1H3. The number of furan rings is 1. The number of carbonyl (C=O) groups is 1. The van der Waals surface area contributed by atoms with Crippen LogP contribution < -0.4 is 0 Å². The Hall–Kier alpha value is -2.99. The van der Waals surface area contributed by atoms with Crippen LogP contribution in [0.3, 0.4) is 0 Å². The number of piperidine rings is 1. The van der Waals surface area contributed by atoms with Crippen molar-refractivity contribution < 1.29 is 18.7 Å². The molecule has 0 saturated carbocycles. The van der Waals surface area contributed by atoms with E-state index in [-0.39, 0.29) is 5.91 Å². The molecule has 11 heteroatoms. The Labute approximate surface area is 216 Å². The normalized spacial score (nSPS) is 17.2. The summed E-state index contributed by atoms with van der Waals surface area (Å²) in [6.45, 7) is 4.52. The molecular formula is C25H25N5O4S2. The maximum atomic E-state index is 13.0. The third-order valence-electron chi connectivity index (χ3n) is 6.39. The van der Waals surface area contributed by atoms with Crippen LogP contribution in [-0.4, -0.2) is 62.6 Å². The van der Waals surface area contributed by atoms with Gasteiger partial charge in [-0.05, 0) is 31.2 Å². The number of thiazole rings is 1. The van der Waals surface area contributed by atoms with E-state index >= 15 is 0 Å². The summed E-state index contributed by atoms with van der Waals surface area (Å²) in [5.41, 5.74) is 2.61. The van der Waals surface area contributed by atoms with E-state index in [4.69, 9.17) is 13.9 Å². The maximum Gasteiger partial charge on any atom is 0.273 e. The first-order chi connectivity index (χ1) is 17.6. The molecule has 0 unspecified atom stereocenters. The highest BCUT2D eigenvalue weighted by atomic mass is 32.2. The Balaban J connectivity index is 1.16. The van der Waals surface area contributed by atoms with E-state index in [1.165, 1.54) is 28.7 Å². The molecule has 0 N–H and O–H groups in total. The summed E-state index contributed by atoms with van der Waals surface area (Å²) in [6, 6.07) is 11.9. The van der Waals surface area contributed by atoms with Crippen LogP contribution >= 0.6 is 23.1 Å². The lowest BCUT2D eigenvalue weighted by molar-refractivity contribution is -0.181. The molecular weight excluding hydrogens is 498 g/mol. The minimum absolute atomic E-state index is 0.0433. The summed E-state index contributed by atoms with van der Waals surface area (Å²) in [5.74, 6) is 1.32. The van der Waals surface area contributed by atoms with Crippen molar-refractivity contribution in [3.8, 4) is 17.3 Å². The zero-order valence-electron chi connectivity index (χ0n) is 19.8. The molecule has 36 heavy (non-hydrogen) atoms. The molecule has 6 rings (SSSR count). The minimum atomic E-state index is -0.497. The van der Waals surface area contributed by atoms with Crippen molar-refractivity contribution in [1.82, 2.24) is 24.6 Å². The fourth-order valence-electron chi connectivity index (χ4n) is 4.46. The average Bonchev–Trinajstić information content (AvgIpc) is 3.71. The summed E-state index contributed by atoms with van der Waals surface area (Å²) in [4.78, 5) is 19.5. The number of nitrogens with zero attached hydrogens (tertiary/aromatic N) is 5. The number of rotatable bonds is 6. The predicted molar refractivity (Wildman–Crippen MR) is 135 cm³/mol. The number of thioether (sulfide) groups is 1. The van der Waals surface area contributed by atoms with Crippen molar-refractivity contribution in [3.05, 3.63) is 64.3 Å². The largest absolute Gasteiger partial charge is 0.461 e. The number of benzene rings is 1. The Kier molecular flexibility index (Phi) is 6.38. The topological polar surface area (TPSA) is 95.5 Å². The van der Waals surface area contributed by atoms with Crippen LogP contribution in [0.2, 0.25) is 0 Å². The molecule has 1 aromatic carbocycles. The molecule has 5 heterocycles.